The van der Waals surface area contributed by atoms with Crippen LogP contribution in [-0.4, -0.2) is 9.55 Å². The molecule has 0 aliphatic heterocycles. The highest BCUT2D eigenvalue weighted by Crippen LogP contribution is 2.20. The quantitative estimate of drug-likeness (QED) is 0.502. The number of nitrogens with zero attached hydrogens (tertiary/aromatic N) is 2. The average molecular weight is 358 g/mol. The largest absolute Gasteiger partial charge is 0.268 e. The smallest absolute Gasteiger partial charge is 0.266 e. The third-order valence-corrected chi connectivity index (χ3v) is 5.36. The van der Waals surface area contributed by atoms with Gasteiger partial charge in [0.2, 0.25) is 0 Å². The zero-order valence-electron chi connectivity index (χ0n) is 14.6. The molecule has 0 aliphatic carbocycles. The number of aromatic nitrogens is 2. The summed E-state index contributed by atoms with van der Waals surface area (Å²) in [5.41, 5.74) is 3.85. The molecule has 26 heavy (non-hydrogen) atoms. The molecule has 0 radical (unpaired) electrons. The minimum atomic E-state index is -0.0537. The van der Waals surface area contributed by atoms with E-state index in [1.807, 2.05) is 67.6 Å². The number of hydrogen-bond donors (Lipinski definition) is 0. The van der Waals surface area contributed by atoms with Gasteiger partial charge in [-0.25, -0.2) is 4.98 Å². The molecule has 2 aromatic carbocycles. The number of para-hydroxylation sites is 1. The summed E-state index contributed by atoms with van der Waals surface area (Å²) in [7, 11) is 0. The third kappa shape index (κ3) is 3.00. The summed E-state index contributed by atoms with van der Waals surface area (Å²) in [4.78, 5) is 19.1. The van der Waals surface area contributed by atoms with E-state index in [1.165, 1.54) is 10.4 Å². The Labute approximate surface area is 155 Å². The van der Waals surface area contributed by atoms with E-state index in [2.05, 4.69) is 18.4 Å². The van der Waals surface area contributed by atoms with E-state index in [4.69, 9.17) is 4.98 Å². The second-order valence-electron chi connectivity index (χ2n) is 6.26. The van der Waals surface area contributed by atoms with Gasteiger partial charge in [-0.1, -0.05) is 29.8 Å². The van der Waals surface area contributed by atoms with Crippen molar-refractivity contribution in [3.05, 3.63) is 92.2 Å². The lowest BCUT2D eigenvalue weighted by atomic mass is 10.2. The summed E-state index contributed by atoms with van der Waals surface area (Å²) in [6.07, 6.45) is 3.95. The van der Waals surface area contributed by atoms with Crippen molar-refractivity contribution in [2.24, 2.45) is 0 Å². The SMILES string of the molecule is Cc1ccc(-n2c(/C=C/c3sccc3C)nc3ccccc3c2=O)cc1. The predicted octanol–water partition coefficient (Wildman–Crippen LogP) is 5.23. The molecule has 0 saturated carbocycles. The van der Waals surface area contributed by atoms with Crippen LogP contribution >= 0.6 is 11.3 Å². The fraction of sp³-hybridized carbons (Fsp3) is 0.0909. The van der Waals surface area contributed by atoms with Crippen LogP contribution in [0.25, 0.3) is 28.7 Å². The Bertz CT molecular complexity index is 1170. The fourth-order valence-electron chi connectivity index (χ4n) is 2.91. The Kier molecular flexibility index (Phi) is 4.27. The molecule has 2 aromatic heterocycles. The Morgan fingerprint density at radius 1 is 0.962 bits per heavy atom. The van der Waals surface area contributed by atoms with Crippen LogP contribution in [-0.2, 0) is 0 Å². The zero-order valence-corrected chi connectivity index (χ0v) is 15.5. The second-order valence-corrected chi connectivity index (χ2v) is 7.21. The molecule has 3 nitrogen and oxygen atoms in total. The van der Waals surface area contributed by atoms with Crippen LogP contribution in [0.15, 0.2) is 64.8 Å². The van der Waals surface area contributed by atoms with Crippen molar-refractivity contribution in [3.63, 3.8) is 0 Å². The van der Waals surface area contributed by atoms with E-state index in [-0.39, 0.29) is 5.56 Å². The van der Waals surface area contributed by atoms with Gasteiger partial charge >= 0.3 is 0 Å². The maximum absolute atomic E-state index is 13.2. The first kappa shape index (κ1) is 16.5. The Morgan fingerprint density at radius 2 is 1.73 bits per heavy atom. The molecule has 128 valence electrons. The third-order valence-electron chi connectivity index (χ3n) is 4.38. The molecule has 0 spiro atoms. The van der Waals surface area contributed by atoms with Crippen LogP contribution in [0.5, 0.6) is 0 Å². The first-order chi connectivity index (χ1) is 12.6. The van der Waals surface area contributed by atoms with Crippen LogP contribution < -0.4 is 5.56 Å². The van der Waals surface area contributed by atoms with Crippen molar-refractivity contribution < 1.29 is 0 Å². The van der Waals surface area contributed by atoms with E-state index in [1.54, 1.807) is 15.9 Å². The number of rotatable bonds is 3. The topological polar surface area (TPSA) is 34.9 Å². The van der Waals surface area contributed by atoms with Crippen molar-refractivity contribution in [3.8, 4) is 5.69 Å². The fourth-order valence-corrected chi connectivity index (χ4v) is 3.73. The Morgan fingerprint density at radius 3 is 2.46 bits per heavy atom. The van der Waals surface area contributed by atoms with Crippen LogP contribution in [0.2, 0.25) is 0 Å². The van der Waals surface area contributed by atoms with Gasteiger partial charge in [0.1, 0.15) is 5.82 Å². The Balaban J connectivity index is 1.96. The van der Waals surface area contributed by atoms with Crippen molar-refractivity contribution in [2.75, 3.05) is 0 Å². The maximum Gasteiger partial charge on any atom is 0.266 e. The van der Waals surface area contributed by atoms with Crippen LogP contribution in [0.1, 0.15) is 21.8 Å². The minimum Gasteiger partial charge on any atom is -0.268 e. The maximum atomic E-state index is 13.2. The summed E-state index contributed by atoms with van der Waals surface area (Å²) in [5, 5.41) is 2.69. The lowest BCUT2D eigenvalue weighted by Gasteiger charge is -2.11. The van der Waals surface area contributed by atoms with Gasteiger partial charge in [-0.3, -0.25) is 9.36 Å². The molecule has 0 N–H and O–H groups in total. The average Bonchev–Trinajstić information content (AvgIpc) is 3.06. The lowest BCUT2D eigenvalue weighted by Crippen LogP contribution is -2.22. The molecule has 4 rings (SSSR count). The molecule has 0 bridgehead atoms. The van der Waals surface area contributed by atoms with E-state index in [9.17, 15) is 4.79 Å². The van der Waals surface area contributed by atoms with Gasteiger partial charge in [0.05, 0.1) is 16.6 Å². The van der Waals surface area contributed by atoms with Gasteiger partial charge in [0.15, 0.2) is 0 Å². The summed E-state index contributed by atoms with van der Waals surface area (Å²) in [6.45, 7) is 4.11. The van der Waals surface area contributed by atoms with Crippen molar-refractivity contribution in [1.29, 1.82) is 0 Å². The highest BCUT2D eigenvalue weighted by atomic mass is 32.1. The zero-order chi connectivity index (χ0) is 18.1. The summed E-state index contributed by atoms with van der Waals surface area (Å²) in [6, 6.07) is 17.5. The first-order valence-corrected chi connectivity index (χ1v) is 9.32. The number of fused-ring (bicyclic) bond motifs is 1. The second kappa shape index (κ2) is 6.73. The van der Waals surface area contributed by atoms with Gasteiger partial charge < -0.3 is 0 Å². The van der Waals surface area contributed by atoms with E-state index in [0.717, 1.165) is 11.3 Å². The van der Waals surface area contributed by atoms with Crippen molar-refractivity contribution in [2.45, 2.75) is 13.8 Å². The standard InChI is InChI=1S/C22H18N2OS/c1-15-7-9-17(10-8-15)24-21(12-11-20-16(2)13-14-26-20)23-19-6-4-3-5-18(19)22(24)25/h3-14H,1-2H3/b12-11+. The summed E-state index contributed by atoms with van der Waals surface area (Å²) >= 11 is 1.68. The van der Waals surface area contributed by atoms with Gasteiger partial charge in [0.25, 0.3) is 5.56 Å². The molecular formula is C22H18N2OS. The number of thiophene rings is 1. The lowest BCUT2D eigenvalue weighted by molar-refractivity contribution is 0.943. The molecule has 2 heterocycles. The summed E-state index contributed by atoms with van der Waals surface area (Å²) < 4.78 is 1.68. The first-order valence-electron chi connectivity index (χ1n) is 8.44. The molecule has 0 fully saturated rings. The number of hydrogen-bond acceptors (Lipinski definition) is 3. The predicted molar refractivity (Wildman–Crippen MR) is 110 cm³/mol. The van der Waals surface area contributed by atoms with Crippen molar-refractivity contribution >= 4 is 34.4 Å². The van der Waals surface area contributed by atoms with Crippen LogP contribution in [0.3, 0.4) is 0 Å². The molecular weight excluding hydrogens is 340 g/mol. The highest BCUT2D eigenvalue weighted by Gasteiger charge is 2.11. The van der Waals surface area contributed by atoms with Gasteiger partial charge in [-0.2, -0.15) is 0 Å². The normalized spacial score (nSPS) is 11.5. The van der Waals surface area contributed by atoms with Crippen LogP contribution in [0, 0.1) is 13.8 Å². The number of benzene rings is 2. The highest BCUT2D eigenvalue weighted by molar-refractivity contribution is 7.11. The van der Waals surface area contributed by atoms with Crippen molar-refractivity contribution in [1.82, 2.24) is 9.55 Å². The molecule has 0 aliphatic rings. The van der Waals surface area contributed by atoms with Crippen LogP contribution in [0.4, 0.5) is 0 Å². The van der Waals surface area contributed by atoms with E-state index >= 15 is 0 Å². The van der Waals surface area contributed by atoms with Gasteiger partial charge in [-0.15, -0.1) is 11.3 Å². The molecule has 0 atom stereocenters. The molecule has 0 unspecified atom stereocenters. The monoisotopic (exact) mass is 358 g/mol. The van der Waals surface area contributed by atoms with E-state index < -0.39 is 0 Å². The van der Waals surface area contributed by atoms with Gasteiger partial charge in [-0.05, 0) is 67.3 Å². The molecule has 0 amide bonds. The molecule has 4 heteroatoms. The van der Waals surface area contributed by atoms with Gasteiger partial charge in [0, 0.05) is 4.88 Å². The Hall–Kier alpha value is -2.98. The molecule has 4 aromatic rings. The minimum absolute atomic E-state index is 0.0537. The molecule has 0 saturated heterocycles. The number of aryl methyl sites for hydroxylation is 2. The summed E-state index contributed by atoms with van der Waals surface area (Å²) in [5.74, 6) is 0.630. The van der Waals surface area contributed by atoms with E-state index in [0.29, 0.717) is 16.7 Å².